The van der Waals surface area contributed by atoms with E-state index in [1.807, 2.05) is 18.2 Å². The van der Waals surface area contributed by atoms with Gasteiger partial charge in [-0.2, -0.15) is 0 Å². The van der Waals surface area contributed by atoms with E-state index < -0.39 is 16.1 Å². The molecule has 1 aliphatic heterocycles. The van der Waals surface area contributed by atoms with Gasteiger partial charge in [-0.15, -0.1) is 0 Å². The first-order valence-corrected chi connectivity index (χ1v) is 10.6. The summed E-state index contributed by atoms with van der Waals surface area (Å²) < 4.78 is 36.7. The number of sulfonamides is 1. The minimum absolute atomic E-state index is 0.203. The van der Waals surface area contributed by atoms with Crippen LogP contribution in [0.1, 0.15) is 18.1 Å². The van der Waals surface area contributed by atoms with E-state index in [1.54, 1.807) is 32.0 Å². The van der Waals surface area contributed by atoms with Gasteiger partial charge in [0.15, 0.2) is 11.5 Å². The molecule has 156 valence electrons. The number of benzene rings is 2. The number of fused-ring (bicyclic) bond motifs is 1. The molecule has 2 N–H and O–H groups in total. The van der Waals surface area contributed by atoms with Crippen LogP contribution in [0.25, 0.3) is 0 Å². The lowest BCUT2D eigenvalue weighted by Crippen LogP contribution is -2.37. The predicted octanol–water partition coefficient (Wildman–Crippen LogP) is 2.09. The molecule has 8 nitrogen and oxygen atoms in total. The SMILES string of the molecule is Cc1ccc(N[C@@H](C)C(=O)NCc2ccc3c(c2)OCO3)cc1S(=O)(=O)N(C)C. The van der Waals surface area contributed by atoms with Crippen molar-refractivity contribution in [2.45, 2.75) is 31.3 Å². The van der Waals surface area contributed by atoms with Gasteiger partial charge in [0.05, 0.1) is 4.90 Å². The highest BCUT2D eigenvalue weighted by Crippen LogP contribution is 2.32. The zero-order valence-corrected chi connectivity index (χ0v) is 17.7. The monoisotopic (exact) mass is 419 g/mol. The third kappa shape index (κ3) is 4.63. The molecule has 29 heavy (non-hydrogen) atoms. The number of aryl methyl sites for hydroxylation is 1. The van der Waals surface area contributed by atoms with Crippen LogP contribution in [0.2, 0.25) is 0 Å². The Morgan fingerprint density at radius 1 is 1.14 bits per heavy atom. The molecule has 1 amide bonds. The summed E-state index contributed by atoms with van der Waals surface area (Å²) in [5, 5.41) is 5.92. The Bertz CT molecular complexity index is 1020. The summed E-state index contributed by atoms with van der Waals surface area (Å²) in [6, 6.07) is 9.98. The quantitative estimate of drug-likeness (QED) is 0.713. The second-order valence-electron chi connectivity index (χ2n) is 7.04. The molecule has 9 heteroatoms. The van der Waals surface area contributed by atoms with Crippen LogP contribution < -0.4 is 20.1 Å². The molecule has 0 unspecified atom stereocenters. The number of nitrogens with one attached hydrogen (secondary N) is 2. The van der Waals surface area contributed by atoms with Crippen molar-refractivity contribution in [3.63, 3.8) is 0 Å². The van der Waals surface area contributed by atoms with Crippen LogP contribution in [0.5, 0.6) is 11.5 Å². The number of carbonyl (C=O) groups is 1. The number of anilines is 1. The fourth-order valence-electron chi connectivity index (χ4n) is 2.87. The highest BCUT2D eigenvalue weighted by molar-refractivity contribution is 7.89. The Morgan fingerprint density at radius 2 is 1.86 bits per heavy atom. The van der Waals surface area contributed by atoms with Gasteiger partial charge in [0.2, 0.25) is 22.7 Å². The van der Waals surface area contributed by atoms with Crippen molar-refractivity contribution < 1.29 is 22.7 Å². The lowest BCUT2D eigenvalue weighted by molar-refractivity contribution is -0.121. The molecule has 0 radical (unpaired) electrons. The standard InChI is InChI=1S/C20H25N3O5S/c1-13-5-7-16(10-19(13)29(25,26)23(3)4)22-14(2)20(24)21-11-15-6-8-17-18(9-15)28-12-27-17/h5-10,14,22H,11-12H2,1-4H3,(H,21,24)/t14-/m0/s1. The molecule has 0 aromatic heterocycles. The fourth-order valence-corrected chi connectivity index (χ4v) is 4.02. The van der Waals surface area contributed by atoms with Gasteiger partial charge in [-0.05, 0) is 49.2 Å². The molecule has 1 aliphatic rings. The van der Waals surface area contributed by atoms with Gasteiger partial charge >= 0.3 is 0 Å². The Hall–Kier alpha value is -2.78. The number of amides is 1. The molecule has 2 aromatic carbocycles. The minimum atomic E-state index is -3.57. The number of rotatable bonds is 7. The Labute approximate surface area is 170 Å². The van der Waals surface area contributed by atoms with Crippen LogP contribution in [0, 0.1) is 6.92 Å². The molecule has 2 aromatic rings. The van der Waals surface area contributed by atoms with Gasteiger partial charge in [-0.3, -0.25) is 4.79 Å². The van der Waals surface area contributed by atoms with Crippen molar-refractivity contribution in [2.24, 2.45) is 0 Å². The van der Waals surface area contributed by atoms with Crippen LogP contribution >= 0.6 is 0 Å². The lowest BCUT2D eigenvalue weighted by Gasteiger charge is -2.18. The van der Waals surface area contributed by atoms with E-state index in [4.69, 9.17) is 9.47 Å². The van der Waals surface area contributed by atoms with Gasteiger partial charge in [-0.25, -0.2) is 12.7 Å². The molecular weight excluding hydrogens is 394 g/mol. The Morgan fingerprint density at radius 3 is 2.59 bits per heavy atom. The molecule has 0 bridgehead atoms. The van der Waals surface area contributed by atoms with Gasteiger partial charge in [0, 0.05) is 26.3 Å². The summed E-state index contributed by atoms with van der Waals surface area (Å²) >= 11 is 0. The van der Waals surface area contributed by atoms with E-state index in [0.717, 1.165) is 5.56 Å². The fraction of sp³-hybridized carbons (Fsp3) is 0.350. The second-order valence-corrected chi connectivity index (χ2v) is 9.16. The normalized spacial score (nSPS) is 14.0. The maximum Gasteiger partial charge on any atom is 0.242 e. The highest BCUT2D eigenvalue weighted by Gasteiger charge is 2.21. The van der Waals surface area contributed by atoms with Crippen molar-refractivity contribution in [3.8, 4) is 11.5 Å². The molecular formula is C20H25N3O5S. The first-order chi connectivity index (χ1) is 13.7. The average molecular weight is 420 g/mol. The third-order valence-corrected chi connectivity index (χ3v) is 6.58. The molecule has 0 saturated carbocycles. The number of carbonyl (C=O) groups excluding carboxylic acids is 1. The van der Waals surface area contributed by atoms with Crippen molar-refractivity contribution in [2.75, 3.05) is 26.2 Å². The summed E-state index contributed by atoms with van der Waals surface area (Å²) in [6.45, 7) is 4.00. The van der Waals surface area contributed by atoms with Gasteiger partial charge in [-0.1, -0.05) is 12.1 Å². The number of ether oxygens (including phenoxy) is 2. The number of hydrogen-bond acceptors (Lipinski definition) is 6. The van der Waals surface area contributed by atoms with Crippen LogP contribution in [0.3, 0.4) is 0 Å². The lowest BCUT2D eigenvalue weighted by atomic mass is 10.2. The third-order valence-electron chi connectivity index (χ3n) is 4.63. The van der Waals surface area contributed by atoms with Gasteiger partial charge < -0.3 is 20.1 Å². The molecule has 0 saturated heterocycles. The van der Waals surface area contributed by atoms with E-state index in [1.165, 1.54) is 18.4 Å². The van der Waals surface area contributed by atoms with E-state index in [-0.39, 0.29) is 17.6 Å². The van der Waals surface area contributed by atoms with Crippen molar-refractivity contribution in [1.82, 2.24) is 9.62 Å². The molecule has 1 heterocycles. The maximum atomic E-state index is 12.5. The second kappa shape index (κ2) is 8.30. The summed E-state index contributed by atoms with van der Waals surface area (Å²) in [7, 11) is -0.592. The zero-order chi connectivity index (χ0) is 21.2. The molecule has 0 fully saturated rings. The summed E-state index contributed by atoms with van der Waals surface area (Å²) in [4.78, 5) is 12.7. The summed E-state index contributed by atoms with van der Waals surface area (Å²) in [5.41, 5.74) is 2.09. The highest BCUT2D eigenvalue weighted by atomic mass is 32.2. The maximum absolute atomic E-state index is 12.5. The topological polar surface area (TPSA) is 97.0 Å². The van der Waals surface area contributed by atoms with E-state index in [9.17, 15) is 13.2 Å². The number of hydrogen-bond donors (Lipinski definition) is 2. The van der Waals surface area contributed by atoms with Crippen LogP contribution in [0.15, 0.2) is 41.3 Å². The van der Waals surface area contributed by atoms with Crippen LogP contribution in [0.4, 0.5) is 5.69 Å². The predicted molar refractivity (Wildman–Crippen MR) is 110 cm³/mol. The van der Waals surface area contributed by atoms with E-state index in [2.05, 4.69) is 10.6 Å². The first-order valence-electron chi connectivity index (χ1n) is 9.14. The zero-order valence-electron chi connectivity index (χ0n) is 16.9. The molecule has 3 rings (SSSR count). The van der Waals surface area contributed by atoms with E-state index >= 15 is 0 Å². The summed E-state index contributed by atoms with van der Waals surface area (Å²) in [6.07, 6.45) is 0. The van der Waals surface area contributed by atoms with Crippen molar-refractivity contribution in [3.05, 3.63) is 47.5 Å². The summed E-state index contributed by atoms with van der Waals surface area (Å²) in [5.74, 6) is 1.15. The van der Waals surface area contributed by atoms with Gasteiger partial charge in [0.1, 0.15) is 6.04 Å². The van der Waals surface area contributed by atoms with Crippen molar-refractivity contribution in [1.29, 1.82) is 0 Å². The molecule has 1 atom stereocenters. The van der Waals surface area contributed by atoms with Gasteiger partial charge in [0.25, 0.3) is 0 Å². The van der Waals surface area contributed by atoms with E-state index in [0.29, 0.717) is 29.3 Å². The van der Waals surface area contributed by atoms with Crippen molar-refractivity contribution >= 4 is 21.6 Å². The molecule has 0 aliphatic carbocycles. The Balaban J connectivity index is 1.64. The van der Waals surface area contributed by atoms with Crippen LogP contribution in [-0.4, -0.2) is 45.6 Å². The largest absolute Gasteiger partial charge is 0.454 e. The molecule has 0 spiro atoms. The minimum Gasteiger partial charge on any atom is -0.454 e. The Kier molecular flexibility index (Phi) is 5.99. The average Bonchev–Trinajstić information content (AvgIpc) is 3.15. The number of nitrogens with zero attached hydrogens (tertiary/aromatic N) is 1. The smallest absolute Gasteiger partial charge is 0.242 e. The first kappa shape index (κ1) is 20.9. The van der Waals surface area contributed by atoms with Crippen LogP contribution in [-0.2, 0) is 21.4 Å².